The molecule has 3 heterocycles. The van der Waals surface area contributed by atoms with Gasteiger partial charge < -0.3 is 19.4 Å². The van der Waals surface area contributed by atoms with Crippen molar-refractivity contribution in [3.05, 3.63) is 65.3 Å². The van der Waals surface area contributed by atoms with Crippen LogP contribution in [0.1, 0.15) is 5.56 Å². The van der Waals surface area contributed by atoms with Crippen molar-refractivity contribution in [3.63, 3.8) is 0 Å². The third kappa shape index (κ3) is 5.81. The van der Waals surface area contributed by atoms with Gasteiger partial charge >= 0.3 is 0 Å². The number of rotatable bonds is 8. The van der Waals surface area contributed by atoms with Gasteiger partial charge in [0.25, 0.3) is 0 Å². The molecule has 1 fully saturated rings. The monoisotopic (exact) mass is 538 g/mol. The Balaban J connectivity index is 1.39. The van der Waals surface area contributed by atoms with Crippen LogP contribution in [0, 0.1) is 17.1 Å². The molecule has 0 spiro atoms. The lowest BCUT2D eigenvalue weighted by atomic mass is 10.1. The molecular weight excluding hydrogens is 515 g/mol. The maximum absolute atomic E-state index is 14.8. The fourth-order valence-corrected chi connectivity index (χ4v) is 5.09. The fraction of sp³-hybridized carbons (Fsp3) is 0.269. The summed E-state index contributed by atoms with van der Waals surface area (Å²) in [7, 11) is 1.92. The lowest BCUT2D eigenvalue weighted by Gasteiger charge is -2.26. The third-order valence-corrected chi connectivity index (χ3v) is 7.57. The highest BCUT2D eigenvalue weighted by Gasteiger charge is 2.16. The molecular formula is C26H24ClFN6O2S. The number of anilines is 2. The number of aryl methyl sites for hydroxylation is 1. The molecule has 8 nitrogen and oxygen atoms in total. The zero-order valence-electron chi connectivity index (χ0n) is 20.1. The Bertz CT molecular complexity index is 1470. The van der Waals surface area contributed by atoms with Crippen molar-refractivity contribution in [2.24, 2.45) is 7.05 Å². The van der Waals surface area contributed by atoms with E-state index in [-0.39, 0.29) is 5.75 Å². The van der Waals surface area contributed by atoms with Gasteiger partial charge in [-0.2, -0.15) is 5.26 Å². The number of halogens is 2. The van der Waals surface area contributed by atoms with Gasteiger partial charge in [-0.05, 0) is 24.3 Å². The minimum atomic E-state index is -0.503. The van der Waals surface area contributed by atoms with Gasteiger partial charge in [0.2, 0.25) is 0 Å². The first-order valence-electron chi connectivity index (χ1n) is 11.7. The van der Waals surface area contributed by atoms with E-state index in [1.807, 2.05) is 29.9 Å². The van der Waals surface area contributed by atoms with E-state index in [2.05, 4.69) is 26.3 Å². The number of fused-ring (bicyclic) bond motifs is 1. The molecule has 0 radical (unpaired) electrons. The summed E-state index contributed by atoms with van der Waals surface area (Å²) in [4.78, 5) is 11.7. The van der Waals surface area contributed by atoms with Gasteiger partial charge in [-0.1, -0.05) is 23.4 Å². The minimum absolute atomic E-state index is 0.112. The summed E-state index contributed by atoms with van der Waals surface area (Å²) in [5.41, 5.74) is 1.91. The molecule has 1 N–H and O–H groups in total. The average Bonchev–Trinajstić information content (AvgIpc) is 3.31. The highest BCUT2D eigenvalue weighted by atomic mass is 35.5. The molecule has 1 saturated heterocycles. The summed E-state index contributed by atoms with van der Waals surface area (Å²) >= 11 is 8.02. The predicted molar refractivity (Wildman–Crippen MR) is 141 cm³/mol. The first-order chi connectivity index (χ1) is 18.0. The van der Waals surface area contributed by atoms with E-state index in [4.69, 9.17) is 21.1 Å². The molecule has 190 valence electrons. The van der Waals surface area contributed by atoms with Crippen LogP contribution >= 0.6 is 23.4 Å². The first-order valence-corrected chi connectivity index (χ1v) is 12.9. The van der Waals surface area contributed by atoms with Crippen molar-refractivity contribution in [2.75, 3.05) is 44.8 Å². The summed E-state index contributed by atoms with van der Waals surface area (Å²) in [6, 6.07) is 10.6. The molecule has 0 atom stereocenters. The Morgan fingerprint density at radius 1 is 1.24 bits per heavy atom. The summed E-state index contributed by atoms with van der Waals surface area (Å²) in [6.07, 6.45) is 5.02. The molecule has 37 heavy (non-hydrogen) atoms. The molecule has 0 bridgehead atoms. The van der Waals surface area contributed by atoms with Gasteiger partial charge in [-0.15, -0.1) is 0 Å². The number of hydrogen-bond acceptors (Lipinski definition) is 8. The maximum Gasteiger partial charge on any atom is 0.172 e. The van der Waals surface area contributed by atoms with Gasteiger partial charge in [0.1, 0.15) is 12.7 Å². The van der Waals surface area contributed by atoms with E-state index in [9.17, 15) is 9.65 Å². The quantitative estimate of drug-likeness (QED) is 0.326. The van der Waals surface area contributed by atoms with Crippen LogP contribution in [0.5, 0.6) is 5.75 Å². The number of nitriles is 1. The standard InChI is InChI=1S/C26H24ClFN6O2S/c1-33-5-4-30-26(33)37-24-3-2-18(12-20(24)27)32-25-17(15-29)16-31-22-14-21(28)23(13-19(22)25)36-11-8-34-6-9-35-10-7-34/h2-5,12-14,16H,6-11H2,1H3,(H,31,32). The summed E-state index contributed by atoms with van der Waals surface area (Å²) in [5, 5.41) is 15.0. The molecule has 2 aromatic heterocycles. The first kappa shape index (κ1) is 25.3. The molecule has 11 heteroatoms. The number of pyridine rings is 1. The van der Waals surface area contributed by atoms with Crippen molar-refractivity contribution in [1.29, 1.82) is 5.26 Å². The number of nitrogens with one attached hydrogen (secondary N) is 1. The number of benzene rings is 2. The zero-order valence-corrected chi connectivity index (χ0v) is 21.7. The number of aromatic nitrogens is 3. The van der Waals surface area contributed by atoms with Crippen molar-refractivity contribution in [3.8, 4) is 11.8 Å². The SMILES string of the molecule is Cn1ccnc1Sc1ccc(Nc2c(C#N)cnc3cc(F)c(OCCN4CCOCC4)cc23)cc1Cl. The number of morpholine rings is 1. The van der Waals surface area contributed by atoms with Crippen LogP contribution in [0.25, 0.3) is 10.9 Å². The van der Waals surface area contributed by atoms with E-state index in [1.165, 1.54) is 24.0 Å². The van der Waals surface area contributed by atoms with Crippen LogP contribution in [0.15, 0.2) is 59.0 Å². The molecule has 0 saturated carbocycles. The van der Waals surface area contributed by atoms with Crippen molar-refractivity contribution in [2.45, 2.75) is 10.1 Å². The predicted octanol–water partition coefficient (Wildman–Crippen LogP) is 5.24. The zero-order chi connectivity index (χ0) is 25.8. The molecule has 0 aliphatic carbocycles. The molecule has 1 aliphatic rings. The van der Waals surface area contributed by atoms with Crippen LogP contribution in [-0.2, 0) is 11.8 Å². The molecule has 1 aliphatic heterocycles. The van der Waals surface area contributed by atoms with Crippen LogP contribution in [-0.4, -0.2) is 58.9 Å². The van der Waals surface area contributed by atoms with Crippen LogP contribution in [0.2, 0.25) is 5.02 Å². The second-order valence-electron chi connectivity index (χ2n) is 8.45. The smallest absolute Gasteiger partial charge is 0.172 e. The van der Waals surface area contributed by atoms with Gasteiger partial charge in [-0.25, -0.2) is 9.37 Å². The van der Waals surface area contributed by atoms with Crippen molar-refractivity contribution in [1.82, 2.24) is 19.4 Å². The van der Waals surface area contributed by atoms with Crippen molar-refractivity contribution >= 4 is 45.6 Å². The third-order valence-electron chi connectivity index (χ3n) is 5.99. The molecule has 5 rings (SSSR count). The van der Waals surface area contributed by atoms with Crippen LogP contribution in [0.4, 0.5) is 15.8 Å². The minimum Gasteiger partial charge on any atom is -0.489 e. The highest BCUT2D eigenvalue weighted by Crippen LogP contribution is 2.37. The highest BCUT2D eigenvalue weighted by molar-refractivity contribution is 7.99. The average molecular weight is 539 g/mol. The molecule has 0 unspecified atom stereocenters. The second-order valence-corrected chi connectivity index (χ2v) is 9.87. The lowest BCUT2D eigenvalue weighted by molar-refractivity contribution is 0.0320. The number of imidazole rings is 1. The van der Waals surface area contributed by atoms with E-state index in [0.717, 1.165) is 23.1 Å². The Morgan fingerprint density at radius 2 is 2.08 bits per heavy atom. The number of hydrogen-bond donors (Lipinski definition) is 1. The topological polar surface area (TPSA) is 88.2 Å². The largest absolute Gasteiger partial charge is 0.489 e. The summed E-state index contributed by atoms with van der Waals surface area (Å²) < 4.78 is 27.9. The number of ether oxygens (including phenoxy) is 2. The molecule has 0 amide bonds. The Morgan fingerprint density at radius 3 is 2.81 bits per heavy atom. The summed E-state index contributed by atoms with van der Waals surface area (Å²) in [5.74, 6) is -0.392. The molecule has 2 aromatic carbocycles. The Hall–Kier alpha value is -3.36. The van der Waals surface area contributed by atoms with Crippen molar-refractivity contribution < 1.29 is 13.9 Å². The second kappa shape index (κ2) is 11.4. The van der Waals surface area contributed by atoms with Gasteiger partial charge in [0.05, 0.1) is 35.0 Å². The Labute approximate surface area is 223 Å². The fourth-order valence-electron chi connectivity index (χ4n) is 3.99. The Kier molecular flexibility index (Phi) is 7.76. The van der Waals surface area contributed by atoms with Gasteiger partial charge in [-0.3, -0.25) is 9.88 Å². The molecule has 4 aromatic rings. The van der Waals surface area contributed by atoms with E-state index in [1.54, 1.807) is 18.3 Å². The normalized spacial score (nSPS) is 14.0. The van der Waals surface area contributed by atoms with Gasteiger partial charge in [0, 0.05) is 67.3 Å². The van der Waals surface area contributed by atoms with E-state index >= 15 is 0 Å². The van der Waals surface area contributed by atoms with E-state index < -0.39 is 5.82 Å². The van der Waals surface area contributed by atoms with E-state index in [0.29, 0.717) is 59.2 Å². The maximum atomic E-state index is 14.8. The lowest BCUT2D eigenvalue weighted by Crippen LogP contribution is -2.38. The number of nitrogens with zero attached hydrogens (tertiary/aromatic N) is 5. The van der Waals surface area contributed by atoms with Crippen LogP contribution in [0.3, 0.4) is 0 Å². The van der Waals surface area contributed by atoms with Crippen LogP contribution < -0.4 is 10.1 Å². The van der Waals surface area contributed by atoms with Gasteiger partial charge in [0.15, 0.2) is 16.7 Å². The summed E-state index contributed by atoms with van der Waals surface area (Å²) in [6.45, 7) is 4.04.